The monoisotopic (exact) mass is 326 g/mol. The molecule has 134 valence electrons. The summed E-state index contributed by atoms with van der Waals surface area (Å²) in [6.07, 6.45) is 11.5. The molecule has 0 aliphatic carbocycles. The van der Waals surface area contributed by atoms with Gasteiger partial charge in [0.15, 0.2) is 0 Å². The van der Waals surface area contributed by atoms with Crippen LogP contribution in [-0.4, -0.2) is 25.2 Å². The Balaban J connectivity index is 4.31. The molecule has 0 N–H and O–H groups in total. The highest BCUT2D eigenvalue weighted by Gasteiger charge is 2.21. The van der Waals surface area contributed by atoms with Gasteiger partial charge in [-0.15, -0.1) is 0 Å². The van der Waals surface area contributed by atoms with Crippen LogP contribution in [0.15, 0.2) is 11.6 Å². The Morgan fingerprint density at radius 3 is 1.78 bits per heavy atom. The molecular weight excluding hydrogens is 292 g/mol. The van der Waals surface area contributed by atoms with Gasteiger partial charge in [0, 0.05) is 0 Å². The first-order valence-corrected chi connectivity index (χ1v) is 9.12. The van der Waals surface area contributed by atoms with Crippen LogP contribution in [-0.2, 0) is 19.1 Å². The summed E-state index contributed by atoms with van der Waals surface area (Å²) in [5, 5.41) is 0. The summed E-state index contributed by atoms with van der Waals surface area (Å²) in [6, 6.07) is 0. The minimum atomic E-state index is -0.586. The fourth-order valence-corrected chi connectivity index (χ4v) is 2.43. The van der Waals surface area contributed by atoms with Gasteiger partial charge in [-0.1, -0.05) is 64.9 Å². The highest BCUT2D eigenvalue weighted by Crippen LogP contribution is 2.16. The van der Waals surface area contributed by atoms with Crippen molar-refractivity contribution in [1.82, 2.24) is 0 Å². The molecular formula is C19H34O4. The number of hydrogen-bond donors (Lipinski definition) is 0. The second kappa shape index (κ2) is 14.3. The van der Waals surface area contributed by atoms with Crippen LogP contribution in [0.1, 0.15) is 79.1 Å². The Labute approximate surface area is 141 Å². The Bertz CT molecular complexity index is 340. The van der Waals surface area contributed by atoms with Crippen molar-refractivity contribution >= 4 is 11.9 Å². The third-order valence-electron chi connectivity index (χ3n) is 3.70. The molecule has 0 rings (SSSR count). The molecule has 4 heteroatoms. The molecule has 1 unspecified atom stereocenters. The van der Waals surface area contributed by atoms with Gasteiger partial charge in [0.05, 0.1) is 13.2 Å². The van der Waals surface area contributed by atoms with E-state index in [4.69, 9.17) is 9.47 Å². The van der Waals surface area contributed by atoms with Crippen LogP contribution in [0, 0.1) is 5.92 Å². The van der Waals surface area contributed by atoms with Crippen molar-refractivity contribution in [1.29, 1.82) is 0 Å². The summed E-state index contributed by atoms with van der Waals surface area (Å²) in [4.78, 5) is 23.8. The van der Waals surface area contributed by atoms with Crippen LogP contribution in [0.5, 0.6) is 0 Å². The number of hydrogen-bond acceptors (Lipinski definition) is 4. The van der Waals surface area contributed by atoms with Crippen LogP contribution >= 0.6 is 0 Å². The Kier molecular flexibility index (Phi) is 13.5. The lowest BCUT2D eigenvalue weighted by Crippen LogP contribution is -2.19. The quantitative estimate of drug-likeness (QED) is 0.160. The van der Waals surface area contributed by atoms with E-state index in [9.17, 15) is 9.59 Å². The lowest BCUT2D eigenvalue weighted by molar-refractivity contribution is -0.146. The fourth-order valence-electron chi connectivity index (χ4n) is 2.43. The molecule has 0 aromatic heterocycles. The first-order chi connectivity index (χ1) is 11.1. The van der Waals surface area contributed by atoms with E-state index in [0.717, 1.165) is 12.8 Å². The molecule has 23 heavy (non-hydrogen) atoms. The molecule has 1 atom stereocenters. The van der Waals surface area contributed by atoms with Crippen molar-refractivity contribution in [3.8, 4) is 0 Å². The van der Waals surface area contributed by atoms with Crippen molar-refractivity contribution in [2.75, 3.05) is 13.2 Å². The van der Waals surface area contributed by atoms with E-state index in [1.807, 2.05) is 6.92 Å². The van der Waals surface area contributed by atoms with Gasteiger partial charge < -0.3 is 9.47 Å². The molecule has 0 saturated carbocycles. The summed E-state index contributed by atoms with van der Waals surface area (Å²) < 4.78 is 9.89. The predicted octanol–water partition coefficient (Wildman–Crippen LogP) is 4.82. The van der Waals surface area contributed by atoms with E-state index in [1.165, 1.54) is 38.5 Å². The predicted molar refractivity (Wildman–Crippen MR) is 93.1 cm³/mol. The zero-order valence-corrected chi connectivity index (χ0v) is 15.4. The van der Waals surface area contributed by atoms with Crippen LogP contribution in [0.25, 0.3) is 0 Å². The third-order valence-corrected chi connectivity index (χ3v) is 3.70. The van der Waals surface area contributed by atoms with E-state index in [1.54, 1.807) is 19.9 Å². The number of carbonyl (C=O) groups is 2. The summed E-state index contributed by atoms with van der Waals surface area (Å²) in [6.45, 7) is 8.20. The van der Waals surface area contributed by atoms with Gasteiger partial charge in [0.2, 0.25) is 0 Å². The number of ether oxygens (including phenoxy) is 2. The highest BCUT2D eigenvalue weighted by atomic mass is 16.6. The Hall–Kier alpha value is -1.32. The van der Waals surface area contributed by atoms with Gasteiger partial charge in [-0.25, -0.2) is 9.59 Å². The van der Waals surface area contributed by atoms with Crippen molar-refractivity contribution in [3.05, 3.63) is 11.6 Å². The maximum atomic E-state index is 11.9. The van der Waals surface area contributed by atoms with E-state index >= 15 is 0 Å². The second-order valence-electron chi connectivity index (χ2n) is 5.91. The van der Waals surface area contributed by atoms with Gasteiger partial charge in [-0.05, 0) is 26.2 Å². The summed E-state index contributed by atoms with van der Waals surface area (Å²) >= 11 is 0. The van der Waals surface area contributed by atoms with E-state index < -0.39 is 11.9 Å². The number of carbonyl (C=O) groups excluding carboxylic acids is 2. The van der Waals surface area contributed by atoms with E-state index in [0.29, 0.717) is 0 Å². The minimum absolute atomic E-state index is 0.0316. The number of esters is 2. The first-order valence-electron chi connectivity index (χ1n) is 9.12. The summed E-state index contributed by atoms with van der Waals surface area (Å²) in [5.74, 6) is -1.01. The second-order valence-corrected chi connectivity index (χ2v) is 5.91. The highest BCUT2D eigenvalue weighted by molar-refractivity contribution is 6.14. The minimum Gasteiger partial charge on any atom is -0.462 e. The Morgan fingerprint density at radius 1 is 0.826 bits per heavy atom. The lowest BCUT2D eigenvalue weighted by Gasteiger charge is -2.10. The van der Waals surface area contributed by atoms with Gasteiger partial charge in [0.25, 0.3) is 0 Å². The average molecular weight is 326 g/mol. The largest absolute Gasteiger partial charge is 0.462 e. The molecule has 0 fully saturated rings. The molecule has 0 bridgehead atoms. The van der Waals surface area contributed by atoms with Crippen LogP contribution in [0.3, 0.4) is 0 Å². The maximum absolute atomic E-state index is 11.9. The van der Waals surface area contributed by atoms with Gasteiger partial charge in [-0.2, -0.15) is 0 Å². The molecule has 0 spiro atoms. The molecule has 0 heterocycles. The normalized spacial score (nSPS) is 11.7. The van der Waals surface area contributed by atoms with Crippen molar-refractivity contribution in [3.63, 3.8) is 0 Å². The molecule has 0 aliphatic heterocycles. The zero-order chi connectivity index (χ0) is 17.5. The number of unbranched alkanes of at least 4 members (excludes halogenated alkanes) is 6. The number of rotatable bonds is 13. The van der Waals surface area contributed by atoms with Crippen molar-refractivity contribution in [2.24, 2.45) is 5.92 Å². The number of allylic oxidation sites excluding steroid dienone is 1. The van der Waals surface area contributed by atoms with E-state index in [-0.39, 0.29) is 24.7 Å². The zero-order valence-electron chi connectivity index (χ0n) is 15.4. The topological polar surface area (TPSA) is 52.6 Å². The average Bonchev–Trinajstić information content (AvgIpc) is 2.52. The molecule has 0 aliphatic rings. The van der Waals surface area contributed by atoms with Gasteiger partial charge >= 0.3 is 11.9 Å². The van der Waals surface area contributed by atoms with Crippen molar-refractivity contribution in [2.45, 2.75) is 79.1 Å². The molecule has 0 radical (unpaired) electrons. The maximum Gasteiger partial charge on any atom is 0.345 e. The summed E-state index contributed by atoms with van der Waals surface area (Å²) in [7, 11) is 0. The van der Waals surface area contributed by atoms with Gasteiger partial charge in [-0.3, -0.25) is 0 Å². The van der Waals surface area contributed by atoms with Crippen LogP contribution < -0.4 is 0 Å². The standard InChI is InChI=1S/C19H34O4/c1-5-8-9-10-11-12-13-14-16(4)15-17(18(20)22-6-2)19(21)23-7-3/h15-16H,5-14H2,1-4H3. The molecule has 0 aromatic rings. The molecule has 0 amide bonds. The lowest BCUT2D eigenvalue weighted by atomic mass is 9.99. The molecule has 4 nitrogen and oxygen atoms in total. The summed E-state index contributed by atoms with van der Waals surface area (Å²) in [5.41, 5.74) is 0.0316. The fraction of sp³-hybridized carbons (Fsp3) is 0.789. The third kappa shape index (κ3) is 10.9. The van der Waals surface area contributed by atoms with Crippen molar-refractivity contribution < 1.29 is 19.1 Å². The van der Waals surface area contributed by atoms with Gasteiger partial charge in [0.1, 0.15) is 5.57 Å². The SMILES string of the molecule is CCCCCCCCCC(C)C=C(C(=O)OCC)C(=O)OCC. The Morgan fingerprint density at radius 2 is 1.30 bits per heavy atom. The van der Waals surface area contributed by atoms with E-state index in [2.05, 4.69) is 6.92 Å². The van der Waals surface area contributed by atoms with Crippen LogP contribution in [0.2, 0.25) is 0 Å². The van der Waals surface area contributed by atoms with Crippen LogP contribution in [0.4, 0.5) is 0 Å². The smallest absolute Gasteiger partial charge is 0.345 e. The first kappa shape index (κ1) is 21.7. The molecule has 0 aromatic carbocycles. The molecule has 0 saturated heterocycles.